The number of rotatable bonds is 7. The number of hydrogen-bond acceptors (Lipinski definition) is 2. The third kappa shape index (κ3) is 3.56. The number of amides is 1. The van der Waals surface area contributed by atoms with E-state index in [9.17, 15) is 9.59 Å². The Labute approximate surface area is 131 Å². The van der Waals surface area contributed by atoms with Crippen LogP contribution in [0.25, 0.3) is 0 Å². The van der Waals surface area contributed by atoms with E-state index in [4.69, 9.17) is 5.11 Å². The van der Waals surface area contributed by atoms with Gasteiger partial charge < -0.3 is 10.4 Å². The van der Waals surface area contributed by atoms with Gasteiger partial charge in [-0.2, -0.15) is 0 Å². The second kappa shape index (κ2) is 6.77. The first-order valence-corrected chi connectivity index (χ1v) is 7.71. The van der Waals surface area contributed by atoms with Gasteiger partial charge in [-0.15, -0.1) is 6.58 Å². The van der Waals surface area contributed by atoms with Gasteiger partial charge in [-0.05, 0) is 43.4 Å². The van der Waals surface area contributed by atoms with Crippen LogP contribution in [-0.2, 0) is 16.0 Å². The average molecular weight is 301 g/mol. The van der Waals surface area contributed by atoms with Crippen LogP contribution in [0.2, 0.25) is 0 Å². The molecule has 1 unspecified atom stereocenters. The van der Waals surface area contributed by atoms with E-state index in [1.54, 1.807) is 6.92 Å². The van der Waals surface area contributed by atoms with Gasteiger partial charge in [0.25, 0.3) is 0 Å². The SMILES string of the molecule is C=CCC1(C(=O)Nc2ccc(CC(C)C(=O)O)cc2)CCC1. The van der Waals surface area contributed by atoms with E-state index >= 15 is 0 Å². The highest BCUT2D eigenvalue weighted by Gasteiger charge is 2.42. The summed E-state index contributed by atoms with van der Waals surface area (Å²) in [6.07, 6.45) is 5.94. The van der Waals surface area contributed by atoms with E-state index in [0.717, 1.165) is 30.5 Å². The third-order valence-corrected chi connectivity index (χ3v) is 4.50. The average Bonchev–Trinajstić information content (AvgIpc) is 2.44. The van der Waals surface area contributed by atoms with Gasteiger partial charge in [0.1, 0.15) is 0 Å². The molecule has 1 aliphatic rings. The number of carboxylic acid groups (broad SMARTS) is 1. The number of nitrogens with one attached hydrogen (secondary N) is 1. The summed E-state index contributed by atoms with van der Waals surface area (Å²) in [5.41, 5.74) is 1.43. The number of anilines is 1. The van der Waals surface area contributed by atoms with E-state index in [2.05, 4.69) is 11.9 Å². The lowest BCUT2D eigenvalue weighted by Gasteiger charge is -2.39. The van der Waals surface area contributed by atoms with Crippen LogP contribution in [-0.4, -0.2) is 17.0 Å². The van der Waals surface area contributed by atoms with Crippen LogP contribution < -0.4 is 5.32 Å². The number of hydrogen-bond donors (Lipinski definition) is 2. The first-order valence-electron chi connectivity index (χ1n) is 7.71. The maximum Gasteiger partial charge on any atom is 0.306 e. The maximum atomic E-state index is 12.4. The highest BCUT2D eigenvalue weighted by molar-refractivity contribution is 5.96. The van der Waals surface area contributed by atoms with Crippen molar-refractivity contribution < 1.29 is 14.7 Å². The van der Waals surface area contributed by atoms with E-state index in [0.29, 0.717) is 12.8 Å². The van der Waals surface area contributed by atoms with Crippen molar-refractivity contribution in [3.63, 3.8) is 0 Å². The molecule has 0 saturated heterocycles. The van der Waals surface area contributed by atoms with Gasteiger partial charge in [0.05, 0.1) is 11.3 Å². The molecule has 0 aliphatic heterocycles. The third-order valence-electron chi connectivity index (χ3n) is 4.50. The number of carbonyl (C=O) groups excluding carboxylic acids is 1. The summed E-state index contributed by atoms with van der Waals surface area (Å²) in [4.78, 5) is 23.3. The zero-order valence-electron chi connectivity index (χ0n) is 13.0. The molecule has 118 valence electrons. The number of carboxylic acids is 1. The second-order valence-corrected chi connectivity index (χ2v) is 6.22. The summed E-state index contributed by atoms with van der Waals surface area (Å²) in [6, 6.07) is 7.41. The van der Waals surface area contributed by atoms with Gasteiger partial charge in [-0.3, -0.25) is 9.59 Å². The molecule has 22 heavy (non-hydrogen) atoms. The van der Waals surface area contributed by atoms with Crippen molar-refractivity contribution in [3.8, 4) is 0 Å². The van der Waals surface area contributed by atoms with Crippen LogP contribution in [0.1, 0.15) is 38.2 Å². The molecule has 1 fully saturated rings. The quantitative estimate of drug-likeness (QED) is 0.756. The Balaban J connectivity index is 1.97. The summed E-state index contributed by atoms with van der Waals surface area (Å²) >= 11 is 0. The molecular weight excluding hydrogens is 278 g/mol. The fraction of sp³-hybridized carbons (Fsp3) is 0.444. The Morgan fingerprint density at radius 1 is 1.36 bits per heavy atom. The first kappa shape index (κ1) is 16.3. The summed E-state index contributed by atoms with van der Waals surface area (Å²) in [5.74, 6) is -1.15. The molecule has 0 spiro atoms. The number of carbonyl (C=O) groups is 2. The fourth-order valence-corrected chi connectivity index (χ4v) is 2.83. The zero-order valence-corrected chi connectivity index (χ0v) is 13.0. The van der Waals surface area contributed by atoms with Gasteiger partial charge in [0, 0.05) is 5.69 Å². The Kier molecular flexibility index (Phi) is 5.01. The van der Waals surface area contributed by atoms with Crippen molar-refractivity contribution in [3.05, 3.63) is 42.5 Å². The van der Waals surface area contributed by atoms with Crippen molar-refractivity contribution in [1.29, 1.82) is 0 Å². The van der Waals surface area contributed by atoms with Gasteiger partial charge in [-0.25, -0.2) is 0 Å². The Hall–Kier alpha value is -2.10. The number of aliphatic carboxylic acids is 1. The molecule has 1 aliphatic carbocycles. The topological polar surface area (TPSA) is 66.4 Å². The highest BCUT2D eigenvalue weighted by Crippen LogP contribution is 2.45. The molecule has 1 atom stereocenters. The predicted octanol–water partition coefficient (Wildman–Crippen LogP) is 3.63. The largest absolute Gasteiger partial charge is 0.481 e. The van der Waals surface area contributed by atoms with Crippen LogP contribution in [0.4, 0.5) is 5.69 Å². The van der Waals surface area contributed by atoms with Crippen LogP contribution in [0.5, 0.6) is 0 Å². The lowest BCUT2D eigenvalue weighted by atomic mass is 9.66. The molecule has 0 bridgehead atoms. The molecule has 1 aromatic rings. The molecule has 2 rings (SSSR count). The van der Waals surface area contributed by atoms with Gasteiger partial charge >= 0.3 is 5.97 Å². The van der Waals surface area contributed by atoms with Crippen molar-refractivity contribution in [1.82, 2.24) is 0 Å². The Bertz CT molecular complexity index is 558. The van der Waals surface area contributed by atoms with Gasteiger partial charge in [0.15, 0.2) is 0 Å². The minimum Gasteiger partial charge on any atom is -0.481 e. The summed E-state index contributed by atoms with van der Waals surface area (Å²) in [5, 5.41) is 11.9. The van der Waals surface area contributed by atoms with E-state index in [-0.39, 0.29) is 11.3 Å². The monoisotopic (exact) mass is 301 g/mol. The van der Waals surface area contributed by atoms with Gasteiger partial charge in [-0.1, -0.05) is 31.6 Å². The predicted molar refractivity (Wildman–Crippen MR) is 86.7 cm³/mol. The zero-order chi connectivity index (χ0) is 16.2. The van der Waals surface area contributed by atoms with Crippen molar-refractivity contribution >= 4 is 17.6 Å². The minimum absolute atomic E-state index is 0.0605. The molecule has 1 amide bonds. The fourth-order valence-electron chi connectivity index (χ4n) is 2.83. The minimum atomic E-state index is -0.797. The lowest BCUT2D eigenvalue weighted by Crippen LogP contribution is -2.41. The number of benzene rings is 1. The lowest BCUT2D eigenvalue weighted by molar-refractivity contribution is -0.141. The van der Waals surface area contributed by atoms with Crippen LogP contribution in [0, 0.1) is 11.3 Å². The van der Waals surface area contributed by atoms with E-state index < -0.39 is 11.9 Å². The van der Waals surface area contributed by atoms with Gasteiger partial charge in [0.2, 0.25) is 5.91 Å². The highest BCUT2D eigenvalue weighted by atomic mass is 16.4. The van der Waals surface area contributed by atoms with E-state index in [1.807, 2.05) is 30.3 Å². The van der Waals surface area contributed by atoms with Crippen molar-refractivity contribution in [2.75, 3.05) is 5.32 Å². The molecule has 4 nitrogen and oxygen atoms in total. The summed E-state index contributed by atoms with van der Waals surface area (Å²) in [6.45, 7) is 5.43. The van der Waals surface area contributed by atoms with Crippen LogP contribution >= 0.6 is 0 Å². The molecule has 1 aromatic carbocycles. The van der Waals surface area contributed by atoms with Crippen LogP contribution in [0.3, 0.4) is 0 Å². The van der Waals surface area contributed by atoms with Crippen LogP contribution in [0.15, 0.2) is 36.9 Å². The standard InChI is InChI=1S/C18H23NO3/c1-3-9-18(10-4-11-18)17(22)19-15-7-5-14(6-8-15)12-13(2)16(20)21/h3,5-8,13H,1,4,9-12H2,2H3,(H,19,22)(H,20,21). The summed E-state index contributed by atoms with van der Waals surface area (Å²) in [7, 11) is 0. The Morgan fingerprint density at radius 2 is 2.00 bits per heavy atom. The molecule has 4 heteroatoms. The molecular formula is C18H23NO3. The number of allylic oxidation sites excluding steroid dienone is 1. The molecule has 0 radical (unpaired) electrons. The molecule has 2 N–H and O–H groups in total. The van der Waals surface area contributed by atoms with Crippen molar-refractivity contribution in [2.24, 2.45) is 11.3 Å². The smallest absolute Gasteiger partial charge is 0.306 e. The van der Waals surface area contributed by atoms with E-state index in [1.165, 1.54) is 0 Å². The normalized spacial score (nSPS) is 17.1. The maximum absolute atomic E-state index is 12.4. The summed E-state index contributed by atoms with van der Waals surface area (Å²) < 4.78 is 0. The first-order chi connectivity index (χ1) is 10.5. The molecule has 0 heterocycles. The second-order valence-electron chi connectivity index (χ2n) is 6.22. The molecule has 0 aromatic heterocycles. The molecule has 1 saturated carbocycles. The Morgan fingerprint density at radius 3 is 2.45 bits per heavy atom. The van der Waals surface area contributed by atoms with Crippen molar-refractivity contribution in [2.45, 2.75) is 39.0 Å².